The fourth-order valence-electron chi connectivity index (χ4n) is 7.86. The van der Waals surface area contributed by atoms with Crippen molar-refractivity contribution < 1.29 is 19.3 Å². The van der Waals surface area contributed by atoms with Gasteiger partial charge in [-0.15, -0.1) is 11.6 Å². The molecule has 30 heavy (non-hydrogen) atoms. The Morgan fingerprint density at radius 3 is 2.60 bits per heavy atom. The highest BCUT2D eigenvalue weighted by Gasteiger charge is 2.58. The van der Waals surface area contributed by atoms with Crippen LogP contribution in [0.4, 0.5) is 0 Å². The molecule has 0 radical (unpaired) electrons. The van der Waals surface area contributed by atoms with Crippen molar-refractivity contribution in [3.63, 3.8) is 0 Å². The Hall–Kier alpha value is 0.0500. The van der Waals surface area contributed by atoms with Crippen LogP contribution in [0.3, 0.4) is 0 Å². The van der Waals surface area contributed by atoms with E-state index in [-0.39, 0.29) is 12.2 Å². The number of alkyl halides is 1. The van der Waals surface area contributed by atoms with Crippen LogP contribution in [-0.4, -0.2) is 92.3 Å². The first-order valence-corrected chi connectivity index (χ1v) is 12.5. The van der Waals surface area contributed by atoms with Gasteiger partial charge in [0, 0.05) is 57.2 Å². The van der Waals surface area contributed by atoms with Gasteiger partial charge in [0.1, 0.15) is 0 Å². The summed E-state index contributed by atoms with van der Waals surface area (Å²) in [5.41, 5.74) is -0.673. The third-order valence-corrected chi connectivity index (χ3v) is 9.88. The van der Waals surface area contributed by atoms with Crippen LogP contribution in [0.5, 0.6) is 0 Å². The SMILES string of the molecule is CC[C@@]1(O)COCC2CN3CC4C(CCl)C5CC(OC)C(OC)CC5NC4C3CC21. The second-order valence-corrected chi connectivity index (χ2v) is 10.9. The number of aliphatic hydroxyl groups is 1. The van der Waals surface area contributed by atoms with E-state index in [1.165, 1.54) is 0 Å². The Morgan fingerprint density at radius 1 is 1.13 bits per heavy atom. The lowest BCUT2D eigenvalue weighted by Crippen LogP contribution is -2.65. The molecule has 1 aliphatic carbocycles. The van der Waals surface area contributed by atoms with Crippen molar-refractivity contribution in [2.24, 2.45) is 29.6 Å². The molecule has 10 unspecified atom stereocenters. The van der Waals surface area contributed by atoms with Crippen LogP contribution in [0.1, 0.15) is 32.6 Å². The summed E-state index contributed by atoms with van der Waals surface area (Å²) in [4.78, 5) is 2.69. The Balaban J connectivity index is 1.39. The molecule has 0 amide bonds. The topological polar surface area (TPSA) is 63.2 Å². The minimum atomic E-state index is -0.673. The van der Waals surface area contributed by atoms with Crippen molar-refractivity contribution in [2.45, 2.75) is 68.5 Å². The first-order valence-electron chi connectivity index (χ1n) is 11.9. The molecule has 4 heterocycles. The fraction of sp³-hybridized carbons (Fsp3) is 1.00. The van der Waals surface area contributed by atoms with Crippen molar-refractivity contribution in [3.05, 3.63) is 0 Å². The number of hydrogen-bond acceptors (Lipinski definition) is 6. The number of nitrogens with one attached hydrogen (secondary N) is 1. The second-order valence-electron chi connectivity index (χ2n) is 10.6. The van der Waals surface area contributed by atoms with Gasteiger partial charge in [0.2, 0.25) is 0 Å². The molecule has 2 N–H and O–H groups in total. The zero-order chi connectivity index (χ0) is 21.0. The molecule has 5 rings (SSSR count). The number of halogens is 1. The summed E-state index contributed by atoms with van der Waals surface area (Å²) in [5.74, 6) is 3.11. The molecule has 0 aromatic carbocycles. The van der Waals surface area contributed by atoms with Gasteiger partial charge in [0.15, 0.2) is 0 Å². The minimum absolute atomic E-state index is 0.144. The summed E-state index contributed by atoms with van der Waals surface area (Å²) in [6, 6.07) is 1.38. The fourth-order valence-corrected chi connectivity index (χ4v) is 8.31. The first-order chi connectivity index (χ1) is 14.5. The summed E-state index contributed by atoms with van der Waals surface area (Å²) >= 11 is 6.64. The van der Waals surface area contributed by atoms with Crippen LogP contribution in [-0.2, 0) is 14.2 Å². The smallest absolute Gasteiger partial charge is 0.0910 e. The van der Waals surface area contributed by atoms with Crippen LogP contribution in [0, 0.1) is 29.6 Å². The number of fused-ring (bicyclic) bond motifs is 5. The average molecular weight is 443 g/mol. The van der Waals surface area contributed by atoms with E-state index >= 15 is 0 Å². The number of rotatable bonds is 4. The molecule has 1 saturated carbocycles. The quantitative estimate of drug-likeness (QED) is 0.646. The molecule has 0 spiro atoms. The molecule has 0 aromatic rings. The van der Waals surface area contributed by atoms with E-state index in [0.29, 0.717) is 60.2 Å². The predicted molar refractivity (Wildman–Crippen MR) is 116 cm³/mol. The molecule has 172 valence electrons. The lowest BCUT2D eigenvalue weighted by atomic mass is 9.64. The van der Waals surface area contributed by atoms with Crippen LogP contribution in [0.15, 0.2) is 0 Å². The van der Waals surface area contributed by atoms with Gasteiger partial charge in [-0.2, -0.15) is 0 Å². The van der Waals surface area contributed by atoms with Crippen LogP contribution >= 0.6 is 11.6 Å². The zero-order valence-corrected chi connectivity index (χ0v) is 19.4. The van der Waals surface area contributed by atoms with Gasteiger partial charge >= 0.3 is 0 Å². The molecule has 5 aliphatic rings. The van der Waals surface area contributed by atoms with E-state index in [0.717, 1.165) is 45.4 Å². The van der Waals surface area contributed by atoms with Crippen LogP contribution in [0.25, 0.3) is 0 Å². The van der Waals surface area contributed by atoms with Gasteiger partial charge in [0.25, 0.3) is 0 Å². The monoisotopic (exact) mass is 442 g/mol. The van der Waals surface area contributed by atoms with Gasteiger partial charge in [-0.3, -0.25) is 4.90 Å². The third-order valence-electron chi connectivity index (χ3n) is 9.52. The lowest BCUT2D eigenvalue weighted by molar-refractivity contribution is -0.177. The van der Waals surface area contributed by atoms with E-state index in [2.05, 4.69) is 17.1 Å². The minimum Gasteiger partial charge on any atom is -0.387 e. The predicted octanol–water partition coefficient (Wildman–Crippen LogP) is 1.73. The molecular formula is C23H39ClN2O4. The summed E-state index contributed by atoms with van der Waals surface area (Å²) in [6.45, 7) is 5.53. The Morgan fingerprint density at radius 2 is 1.90 bits per heavy atom. The Kier molecular flexibility index (Phi) is 6.15. The molecule has 0 bridgehead atoms. The Bertz CT molecular complexity index is 626. The molecule has 0 aromatic heterocycles. The van der Waals surface area contributed by atoms with Crippen molar-refractivity contribution in [3.8, 4) is 0 Å². The van der Waals surface area contributed by atoms with Crippen molar-refractivity contribution in [1.82, 2.24) is 10.2 Å². The van der Waals surface area contributed by atoms with E-state index in [1.807, 2.05) is 0 Å². The summed E-state index contributed by atoms with van der Waals surface area (Å²) in [6.07, 6.45) is 4.14. The Labute approximate surface area is 185 Å². The van der Waals surface area contributed by atoms with Gasteiger partial charge < -0.3 is 24.6 Å². The van der Waals surface area contributed by atoms with Gasteiger partial charge in [-0.25, -0.2) is 0 Å². The van der Waals surface area contributed by atoms with Gasteiger partial charge in [-0.1, -0.05) is 6.92 Å². The number of hydrogen-bond donors (Lipinski definition) is 2. The van der Waals surface area contributed by atoms with Gasteiger partial charge in [0.05, 0.1) is 31.0 Å². The number of nitrogens with zero attached hydrogens (tertiary/aromatic N) is 1. The van der Waals surface area contributed by atoms with Crippen molar-refractivity contribution in [1.29, 1.82) is 0 Å². The standard InChI is InChI=1S/C23H39ClN2O4/c1-4-23(27)12-30-11-13-9-26-10-16-15(8-24)14-5-20(28-2)21(29-3)7-18(14)25-22(16)19(26)6-17(13)23/h13-22,25,27H,4-12H2,1-3H3/t13?,14?,15?,16?,17?,18?,19?,20?,21?,22?,23-/m1/s1. The molecular weight excluding hydrogens is 404 g/mol. The lowest BCUT2D eigenvalue weighted by Gasteiger charge is -2.53. The maximum absolute atomic E-state index is 11.3. The van der Waals surface area contributed by atoms with Crippen molar-refractivity contribution >= 4 is 11.6 Å². The first kappa shape index (κ1) is 21.9. The number of ether oxygens (including phenoxy) is 3. The molecule has 4 saturated heterocycles. The van der Waals surface area contributed by atoms with Crippen molar-refractivity contribution in [2.75, 3.05) is 46.4 Å². The molecule has 5 fully saturated rings. The highest BCUT2D eigenvalue weighted by atomic mass is 35.5. The highest BCUT2D eigenvalue weighted by molar-refractivity contribution is 6.18. The maximum atomic E-state index is 11.3. The molecule has 4 aliphatic heterocycles. The number of piperidine rings is 2. The van der Waals surface area contributed by atoms with E-state index in [1.54, 1.807) is 14.2 Å². The molecule has 6 nitrogen and oxygen atoms in total. The second kappa shape index (κ2) is 8.44. The summed E-state index contributed by atoms with van der Waals surface area (Å²) < 4.78 is 17.4. The number of methoxy groups -OCH3 is 2. The van der Waals surface area contributed by atoms with Gasteiger partial charge in [-0.05, 0) is 49.4 Å². The summed E-state index contributed by atoms with van der Waals surface area (Å²) in [5, 5.41) is 15.4. The van der Waals surface area contributed by atoms with Crippen LogP contribution < -0.4 is 5.32 Å². The highest BCUT2D eigenvalue weighted by Crippen LogP contribution is 2.50. The van der Waals surface area contributed by atoms with E-state index < -0.39 is 5.60 Å². The molecule has 7 heteroatoms. The van der Waals surface area contributed by atoms with Crippen LogP contribution in [0.2, 0.25) is 0 Å². The zero-order valence-electron chi connectivity index (χ0n) is 18.6. The largest absolute Gasteiger partial charge is 0.387 e. The normalized spacial score (nSPS) is 53.5. The third kappa shape index (κ3) is 3.37. The average Bonchev–Trinajstić information content (AvgIpc) is 3.12. The van der Waals surface area contributed by atoms with E-state index in [9.17, 15) is 5.11 Å². The maximum Gasteiger partial charge on any atom is 0.0910 e. The van der Waals surface area contributed by atoms with E-state index in [4.69, 9.17) is 25.8 Å². The molecule has 11 atom stereocenters. The summed E-state index contributed by atoms with van der Waals surface area (Å²) in [7, 11) is 3.61.